The lowest BCUT2D eigenvalue weighted by Gasteiger charge is -2.38. The summed E-state index contributed by atoms with van der Waals surface area (Å²) in [4.78, 5) is 2.36. The molecule has 2 atom stereocenters. The van der Waals surface area contributed by atoms with Crippen molar-refractivity contribution in [3.05, 3.63) is 107 Å². The van der Waals surface area contributed by atoms with Gasteiger partial charge in [-0.1, -0.05) is 92.8 Å². The van der Waals surface area contributed by atoms with E-state index in [1.165, 1.54) is 25.9 Å². The van der Waals surface area contributed by atoms with Crippen LogP contribution >= 0.6 is 0 Å². The van der Waals surface area contributed by atoms with E-state index in [2.05, 4.69) is 78.1 Å². The Balaban J connectivity index is 0.000000821. The first-order valence-corrected chi connectivity index (χ1v) is 13.8. The van der Waals surface area contributed by atoms with Crippen molar-refractivity contribution in [2.75, 3.05) is 27.2 Å². The van der Waals surface area contributed by atoms with Crippen LogP contribution in [0.4, 0.5) is 0 Å². The second-order valence-corrected chi connectivity index (χ2v) is 9.27. The predicted octanol–water partition coefficient (Wildman–Crippen LogP) is 6.85. The van der Waals surface area contributed by atoms with Crippen molar-refractivity contribution in [1.29, 1.82) is 0 Å². The van der Waals surface area contributed by atoms with E-state index < -0.39 is 0 Å². The van der Waals surface area contributed by atoms with Gasteiger partial charge in [-0.05, 0) is 71.3 Å². The first-order chi connectivity index (χ1) is 18.9. The third kappa shape index (κ3) is 10.1. The molecule has 2 saturated heterocycles. The molecule has 2 aliphatic rings. The Morgan fingerprint density at radius 2 is 1.79 bits per heavy atom. The normalized spacial score (nSPS) is 22.0. The SMILES string of the molecule is C=C/C(C)=C\C=C(/C)C1NC(=C)C(=C(C#CO)\C=C/C)/C(=N\NC)C1c1ccccc1.CC.CN1CCCC1. The Hall–Kier alpha value is -3.75. The third-order valence-electron chi connectivity index (χ3n) is 6.45. The number of nitrogens with zero attached hydrogens (tertiary/aromatic N) is 2. The number of benzene rings is 1. The van der Waals surface area contributed by atoms with Gasteiger partial charge in [-0.2, -0.15) is 5.10 Å². The number of likely N-dealkylation sites (tertiary alicyclic amines) is 1. The molecule has 3 rings (SSSR count). The lowest BCUT2D eigenvalue weighted by atomic mass is 9.76. The summed E-state index contributed by atoms with van der Waals surface area (Å²) in [7, 11) is 3.95. The van der Waals surface area contributed by atoms with Crippen LogP contribution in [0.3, 0.4) is 0 Å². The van der Waals surface area contributed by atoms with Crippen LogP contribution in [0.25, 0.3) is 0 Å². The smallest absolute Gasteiger partial charge is 0.113 e. The summed E-state index contributed by atoms with van der Waals surface area (Å²) in [5.41, 5.74) is 9.25. The molecule has 0 saturated carbocycles. The molecular formula is C34H48N4O. The molecule has 210 valence electrons. The summed E-state index contributed by atoms with van der Waals surface area (Å²) in [6, 6.07) is 10.2. The van der Waals surface area contributed by atoms with Crippen molar-refractivity contribution in [2.45, 2.75) is 59.4 Å². The molecule has 0 amide bonds. The van der Waals surface area contributed by atoms with Crippen LogP contribution in [0.5, 0.6) is 0 Å². The quantitative estimate of drug-likeness (QED) is 0.215. The molecule has 5 nitrogen and oxygen atoms in total. The third-order valence-corrected chi connectivity index (χ3v) is 6.45. The molecule has 2 fully saturated rings. The summed E-state index contributed by atoms with van der Waals surface area (Å²) >= 11 is 0. The highest BCUT2D eigenvalue weighted by Gasteiger charge is 2.38. The second-order valence-electron chi connectivity index (χ2n) is 9.27. The van der Waals surface area contributed by atoms with Gasteiger partial charge in [-0.3, -0.25) is 0 Å². The number of aliphatic hydroxyl groups is 1. The molecule has 39 heavy (non-hydrogen) atoms. The van der Waals surface area contributed by atoms with Crippen molar-refractivity contribution in [3.8, 4) is 12.0 Å². The molecule has 3 N–H and O–H groups in total. The van der Waals surface area contributed by atoms with E-state index >= 15 is 0 Å². The van der Waals surface area contributed by atoms with Gasteiger partial charge in [0.25, 0.3) is 0 Å². The Labute approximate surface area is 237 Å². The molecule has 1 aromatic carbocycles. The van der Waals surface area contributed by atoms with E-state index in [0.717, 1.165) is 28.0 Å². The van der Waals surface area contributed by atoms with Crippen molar-refractivity contribution < 1.29 is 5.11 Å². The molecule has 0 bridgehead atoms. The molecule has 5 heteroatoms. The zero-order valence-electron chi connectivity index (χ0n) is 25.0. The van der Waals surface area contributed by atoms with Gasteiger partial charge in [0.2, 0.25) is 0 Å². The summed E-state index contributed by atoms with van der Waals surface area (Å²) in [6.45, 7) is 20.8. The van der Waals surface area contributed by atoms with Crippen LogP contribution < -0.4 is 10.7 Å². The highest BCUT2D eigenvalue weighted by atomic mass is 16.2. The van der Waals surface area contributed by atoms with Gasteiger partial charge in [0, 0.05) is 23.9 Å². The van der Waals surface area contributed by atoms with Gasteiger partial charge in [-0.25, -0.2) is 0 Å². The molecule has 2 unspecified atom stereocenters. The zero-order valence-corrected chi connectivity index (χ0v) is 25.0. The summed E-state index contributed by atoms with van der Waals surface area (Å²) in [5, 5.41) is 17.5. The van der Waals surface area contributed by atoms with Crippen molar-refractivity contribution in [3.63, 3.8) is 0 Å². The zero-order chi connectivity index (χ0) is 29.2. The van der Waals surface area contributed by atoms with Crippen LogP contribution in [0.1, 0.15) is 58.9 Å². The van der Waals surface area contributed by atoms with Gasteiger partial charge in [0.15, 0.2) is 0 Å². The van der Waals surface area contributed by atoms with Crippen LogP contribution in [-0.2, 0) is 0 Å². The minimum absolute atomic E-state index is 0.0615. The lowest BCUT2D eigenvalue weighted by molar-refractivity contribution is 0.418. The van der Waals surface area contributed by atoms with Gasteiger partial charge in [0.05, 0.1) is 17.7 Å². The number of hydrogen-bond acceptors (Lipinski definition) is 5. The highest BCUT2D eigenvalue weighted by Crippen LogP contribution is 2.36. The van der Waals surface area contributed by atoms with Crippen molar-refractivity contribution in [1.82, 2.24) is 15.6 Å². The molecular weight excluding hydrogens is 480 g/mol. The van der Waals surface area contributed by atoms with E-state index in [0.29, 0.717) is 11.3 Å². The van der Waals surface area contributed by atoms with Crippen molar-refractivity contribution in [2.24, 2.45) is 5.10 Å². The van der Waals surface area contributed by atoms with Gasteiger partial charge < -0.3 is 20.7 Å². The largest absolute Gasteiger partial charge is 0.462 e. The summed E-state index contributed by atoms with van der Waals surface area (Å²) in [6.07, 6.45) is 14.6. The lowest BCUT2D eigenvalue weighted by Crippen LogP contribution is -2.46. The molecule has 0 aliphatic carbocycles. The second kappa shape index (κ2) is 18.5. The monoisotopic (exact) mass is 528 g/mol. The average Bonchev–Trinajstić information content (AvgIpc) is 3.44. The van der Waals surface area contributed by atoms with Crippen LogP contribution in [-0.4, -0.2) is 48.9 Å². The molecule has 2 aliphatic heterocycles. The van der Waals surface area contributed by atoms with E-state index in [-0.39, 0.29) is 12.0 Å². The van der Waals surface area contributed by atoms with Gasteiger partial charge >= 0.3 is 0 Å². The standard InChI is InChI=1S/C27H31N3O.C5H11N.C2H6/c1-7-12-22(17-18-31)24-21(5)29-26(20(4)16-15-19(3)8-2)25(27(24)30-28-6)23-13-10-9-11-14-23;1-6-4-2-3-5-6;1-2/h7-16,25-26,28-29,31H,2,5H2,1,3-4,6H3;2-5H2,1H3;1-2H3/b12-7-,19-15-,20-16+,24-22-,30-27+;;. The number of nitrogens with one attached hydrogen (secondary N) is 2. The summed E-state index contributed by atoms with van der Waals surface area (Å²) < 4.78 is 0. The van der Waals surface area contributed by atoms with E-state index in [1.54, 1.807) is 7.05 Å². The predicted molar refractivity (Wildman–Crippen MR) is 169 cm³/mol. The molecule has 0 radical (unpaired) electrons. The molecule has 0 spiro atoms. The van der Waals surface area contributed by atoms with E-state index in [4.69, 9.17) is 0 Å². The van der Waals surface area contributed by atoms with Crippen molar-refractivity contribution >= 4 is 5.71 Å². The Morgan fingerprint density at radius 1 is 1.15 bits per heavy atom. The number of aliphatic hydroxyl groups excluding tert-OH is 1. The maximum Gasteiger partial charge on any atom is 0.113 e. The maximum absolute atomic E-state index is 9.31. The Bertz CT molecular complexity index is 1140. The minimum Gasteiger partial charge on any atom is -0.462 e. The fourth-order valence-corrected chi connectivity index (χ4v) is 4.47. The molecule has 1 aromatic rings. The number of rotatable bonds is 6. The van der Waals surface area contributed by atoms with Crippen LogP contribution in [0, 0.1) is 12.0 Å². The topological polar surface area (TPSA) is 59.9 Å². The molecule has 0 aromatic heterocycles. The van der Waals surface area contributed by atoms with Gasteiger partial charge in [-0.15, -0.1) is 0 Å². The van der Waals surface area contributed by atoms with E-state index in [9.17, 15) is 5.11 Å². The summed E-state index contributed by atoms with van der Waals surface area (Å²) in [5.74, 6) is 2.70. The number of allylic oxidation sites excluding steroid dienone is 8. The Kier molecular flexibility index (Phi) is 15.8. The minimum atomic E-state index is -0.0939. The fraction of sp³-hybridized carbons (Fsp3) is 0.382. The maximum atomic E-state index is 9.31. The van der Waals surface area contributed by atoms with Crippen LogP contribution in [0.2, 0.25) is 0 Å². The average molecular weight is 529 g/mol. The fourth-order valence-electron chi connectivity index (χ4n) is 4.47. The number of hydrogen-bond donors (Lipinski definition) is 3. The van der Waals surface area contributed by atoms with E-state index in [1.807, 2.05) is 70.2 Å². The van der Waals surface area contributed by atoms with Gasteiger partial charge in [0.1, 0.15) is 6.11 Å². The molecule has 2 heterocycles. The number of hydrazone groups is 1. The number of piperidine rings is 1. The van der Waals surface area contributed by atoms with Crippen LogP contribution in [0.15, 0.2) is 107 Å². The first kappa shape index (κ1) is 33.3. The highest BCUT2D eigenvalue weighted by molar-refractivity contribution is 6.11. The first-order valence-electron chi connectivity index (χ1n) is 13.8. The Morgan fingerprint density at radius 3 is 2.28 bits per heavy atom.